The van der Waals surface area contributed by atoms with Crippen molar-refractivity contribution in [3.05, 3.63) is 0 Å². The molecule has 1 aliphatic rings. The summed E-state index contributed by atoms with van der Waals surface area (Å²) in [4.78, 5) is 13.0. The third-order valence-electron chi connectivity index (χ3n) is 2.19. The number of carbonyl (C=O) groups is 1. The van der Waals surface area contributed by atoms with Crippen LogP contribution in [0.3, 0.4) is 0 Å². The number of aliphatic hydroxyl groups is 1. The highest BCUT2D eigenvalue weighted by molar-refractivity contribution is 7.80. The standard InChI is InChI=1S/C8H13NO3S/c1-2-7(13)9-4-5(10)3-6(9)8(11)12/h5-6,10H,2-4H2,1H3,(H,11,12)/t5?,6-/m0/s1. The fraction of sp³-hybridized carbons (Fsp3) is 0.750. The first-order chi connectivity index (χ1) is 6.06. The van der Waals surface area contributed by atoms with E-state index < -0.39 is 18.1 Å². The van der Waals surface area contributed by atoms with E-state index >= 15 is 0 Å². The molecule has 0 radical (unpaired) electrons. The molecule has 0 spiro atoms. The van der Waals surface area contributed by atoms with Gasteiger partial charge in [-0.1, -0.05) is 19.1 Å². The first kappa shape index (κ1) is 10.4. The number of carboxylic acid groups (broad SMARTS) is 1. The summed E-state index contributed by atoms with van der Waals surface area (Å²) in [6.07, 6.45) is 0.354. The first-order valence-corrected chi connectivity index (χ1v) is 4.67. The number of aliphatic hydroxyl groups excluding tert-OH is 1. The van der Waals surface area contributed by atoms with E-state index in [0.29, 0.717) is 18.0 Å². The minimum absolute atomic E-state index is 0.273. The molecule has 0 saturated carbocycles. The summed E-state index contributed by atoms with van der Waals surface area (Å²) < 4.78 is 0. The maximum absolute atomic E-state index is 10.8. The fourth-order valence-electron chi connectivity index (χ4n) is 1.53. The zero-order chi connectivity index (χ0) is 10.0. The molecule has 1 unspecified atom stereocenters. The Bertz CT molecular complexity index is 231. The van der Waals surface area contributed by atoms with Crippen molar-refractivity contribution >= 4 is 23.2 Å². The van der Waals surface area contributed by atoms with Crippen LogP contribution in [0.25, 0.3) is 0 Å². The molecule has 1 saturated heterocycles. The maximum atomic E-state index is 10.8. The van der Waals surface area contributed by atoms with Crippen LogP contribution >= 0.6 is 12.2 Å². The lowest BCUT2D eigenvalue weighted by Gasteiger charge is -2.22. The predicted molar refractivity (Wildman–Crippen MR) is 51.6 cm³/mol. The van der Waals surface area contributed by atoms with Crippen molar-refractivity contribution in [3.8, 4) is 0 Å². The van der Waals surface area contributed by atoms with Gasteiger partial charge in [-0.05, 0) is 6.42 Å². The van der Waals surface area contributed by atoms with Gasteiger partial charge < -0.3 is 15.1 Å². The van der Waals surface area contributed by atoms with Crippen LogP contribution < -0.4 is 0 Å². The molecule has 0 aliphatic carbocycles. The molecule has 74 valence electrons. The number of hydrogen-bond donors (Lipinski definition) is 2. The lowest BCUT2D eigenvalue weighted by molar-refractivity contribution is -0.141. The summed E-state index contributed by atoms with van der Waals surface area (Å²) in [5, 5.41) is 18.1. The Labute approximate surface area is 82.2 Å². The van der Waals surface area contributed by atoms with Crippen molar-refractivity contribution in [3.63, 3.8) is 0 Å². The van der Waals surface area contributed by atoms with Crippen molar-refractivity contribution in [2.75, 3.05) is 6.54 Å². The van der Waals surface area contributed by atoms with Crippen LogP contribution in [-0.4, -0.2) is 44.8 Å². The Hall–Kier alpha value is -0.680. The Kier molecular flexibility index (Phi) is 3.22. The highest BCUT2D eigenvalue weighted by Crippen LogP contribution is 2.19. The van der Waals surface area contributed by atoms with Crippen LogP contribution in [0.15, 0.2) is 0 Å². The Morgan fingerprint density at radius 2 is 2.31 bits per heavy atom. The smallest absolute Gasteiger partial charge is 0.326 e. The number of aliphatic carboxylic acids is 1. The van der Waals surface area contributed by atoms with Gasteiger partial charge in [0.1, 0.15) is 6.04 Å². The van der Waals surface area contributed by atoms with Gasteiger partial charge in [-0.25, -0.2) is 4.79 Å². The predicted octanol–water partition coefficient (Wildman–Crippen LogP) is 0.244. The van der Waals surface area contributed by atoms with E-state index in [2.05, 4.69) is 0 Å². The number of rotatable bonds is 2. The van der Waals surface area contributed by atoms with Crippen LogP contribution in [0, 0.1) is 0 Å². The molecule has 0 amide bonds. The van der Waals surface area contributed by atoms with Gasteiger partial charge in [0.25, 0.3) is 0 Å². The molecule has 1 aliphatic heterocycles. The van der Waals surface area contributed by atoms with Crippen molar-refractivity contribution in [2.24, 2.45) is 0 Å². The van der Waals surface area contributed by atoms with Gasteiger partial charge in [0.05, 0.1) is 11.1 Å². The number of β-amino-alcohol motifs (C(OH)–C–C–N with tert-alkyl or cyclic N) is 1. The number of likely N-dealkylation sites (tertiary alicyclic amines) is 1. The molecule has 5 heteroatoms. The molecule has 1 rings (SSSR count). The number of hydrogen-bond acceptors (Lipinski definition) is 3. The molecule has 4 nitrogen and oxygen atoms in total. The Morgan fingerprint density at radius 1 is 1.69 bits per heavy atom. The average Bonchev–Trinajstić information content (AvgIpc) is 2.46. The molecular formula is C8H13NO3S. The molecule has 1 fully saturated rings. The third-order valence-corrected chi connectivity index (χ3v) is 2.71. The summed E-state index contributed by atoms with van der Waals surface area (Å²) in [5.41, 5.74) is 0. The molecule has 1 heterocycles. The van der Waals surface area contributed by atoms with Gasteiger partial charge in [-0.2, -0.15) is 0 Å². The van der Waals surface area contributed by atoms with E-state index in [1.165, 1.54) is 0 Å². The largest absolute Gasteiger partial charge is 0.480 e. The van der Waals surface area contributed by atoms with Crippen molar-refractivity contribution in [1.82, 2.24) is 4.90 Å². The zero-order valence-corrected chi connectivity index (χ0v) is 8.25. The first-order valence-electron chi connectivity index (χ1n) is 4.26. The van der Waals surface area contributed by atoms with Gasteiger partial charge in [-0.15, -0.1) is 0 Å². The molecular weight excluding hydrogens is 190 g/mol. The molecule has 0 bridgehead atoms. The van der Waals surface area contributed by atoms with Crippen LogP contribution in [-0.2, 0) is 4.79 Å². The van der Waals surface area contributed by atoms with E-state index in [9.17, 15) is 9.90 Å². The van der Waals surface area contributed by atoms with Gasteiger partial charge in [0.15, 0.2) is 0 Å². The van der Waals surface area contributed by atoms with Crippen LogP contribution in [0.2, 0.25) is 0 Å². The van der Waals surface area contributed by atoms with E-state index in [-0.39, 0.29) is 6.42 Å². The monoisotopic (exact) mass is 203 g/mol. The topological polar surface area (TPSA) is 60.8 Å². The highest BCUT2D eigenvalue weighted by atomic mass is 32.1. The summed E-state index contributed by atoms with van der Waals surface area (Å²) in [5.74, 6) is -0.910. The Morgan fingerprint density at radius 3 is 2.77 bits per heavy atom. The minimum Gasteiger partial charge on any atom is -0.480 e. The molecule has 13 heavy (non-hydrogen) atoms. The summed E-state index contributed by atoms with van der Waals surface area (Å²) in [6.45, 7) is 2.23. The Balaban J connectivity index is 2.71. The van der Waals surface area contributed by atoms with Crippen molar-refractivity contribution in [2.45, 2.75) is 31.9 Å². The highest BCUT2D eigenvalue weighted by Gasteiger charge is 2.36. The average molecular weight is 203 g/mol. The minimum atomic E-state index is -0.910. The van der Waals surface area contributed by atoms with Crippen LogP contribution in [0.5, 0.6) is 0 Å². The summed E-state index contributed by atoms with van der Waals surface area (Å²) in [7, 11) is 0. The lowest BCUT2D eigenvalue weighted by atomic mass is 10.2. The number of thiocarbonyl (C=S) groups is 1. The summed E-state index contributed by atoms with van der Waals surface area (Å²) >= 11 is 5.02. The molecule has 0 aromatic heterocycles. The second-order valence-corrected chi connectivity index (χ2v) is 3.61. The molecule has 0 aromatic carbocycles. The van der Waals surface area contributed by atoms with Crippen LogP contribution in [0.4, 0.5) is 0 Å². The molecule has 2 atom stereocenters. The molecule has 2 N–H and O–H groups in total. The maximum Gasteiger partial charge on any atom is 0.326 e. The van der Waals surface area contributed by atoms with Gasteiger partial charge in [0, 0.05) is 13.0 Å². The normalized spacial score (nSPS) is 27.7. The molecule has 0 aromatic rings. The third kappa shape index (κ3) is 2.16. The summed E-state index contributed by atoms with van der Waals surface area (Å²) in [6, 6.07) is -0.637. The zero-order valence-electron chi connectivity index (χ0n) is 7.43. The SMILES string of the molecule is CCC(=S)N1CC(O)C[C@H]1C(=O)O. The van der Waals surface area contributed by atoms with Gasteiger partial charge in [-0.3, -0.25) is 0 Å². The quantitative estimate of drug-likeness (QED) is 0.630. The van der Waals surface area contributed by atoms with Crippen molar-refractivity contribution < 1.29 is 15.0 Å². The number of nitrogens with zero attached hydrogens (tertiary/aromatic N) is 1. The lowest BCUT2D eigenvalue weighted by Crippen LogP contribution is -2.39. The van der Waals surface area contributed by atoms with E-state index in [1.807, 2.05) is 6.92 Å². The van der Waals surface area contributed by atoms with Crippen LogP contribution in [0.1, 0.15) is 19.8 Å². The van der Waals surface area contributed by atoms with Gasteiger partial charge in [0.2, 0.25) is 0 Å². The van der Waals surface area contributed by atoms with Crippen molar-refractivity contribution in [1.29, 1.82) is 0 Å². The second kappa shape index (κ2) is 4.02. The number of carboxylic acids is 1. The van der Waals surface area contributed by atoms with E-state index in [0.717, 1.165) is 0 Å². The van der Waals surface area contributed by atoms with Gasteiger partial charge >= 0.3 is 5.97 Å². The van der Waals surface area contributed by atoms with E-state index in [4.69, 9.17) is 17.3 Å². The van der Waals surface area contributed by atoms with E-state index in [1.54, 1.807) is 4.90 Å². The second-order valence-electron chi connectivity index (χ2n) is 3.14. The fourth-order valence-corrected chi connectivity index (χ4v) is 1.73.